The molecule has 106 valence electrons. The van der Waals surface area contributed by atoms with Crippen molar-refractivity contribution in [2.24, 2.45) is 0 Å². The van der Waals surface area contributed by atoms with Gasteiger partial charge in [-0.2, -0.15) is 0 Å². The van der Waals surface area contributed by atoms with Gasteiger partial charge >= 0.3 is 0 Å². The molecule has 19 heavy (non-hydrogen) atoms. The molecule has 0 atom stereocenters. The number of Topliss-reactive ketones (excluding diaryl/α,β-unsaturated/α-hetero) is 1. The number of ketones is 1. The fourth-order valence-electron chi connectivity index (χ4n) is 2.03. The molecular formula is C15H23BrN2O. The van der Waals surface area contributed by atoms with E-state index in [4.69, 9.17) is 0 Å². The van der Waals surface area contributed by atoms with E-state index < -0.39 is 0 Å². The second-order valence-electron chi connectivity index (χ2n) is 4.96. The van der Waals surface area contributed by atoms with Gasteiger partial charge in [0.05, 0.1) is 0 Å². The van der Waals surface area contributed by atoms with Crippen molar-refractivity contribution in [1.29, 1.82) is 0 Å². The number of hydrogen-bond acceptors (Lipinski definition) is 3. The monoisotopic (exact) mass is 326 g/mol. The first-order valence-corrected chi connectivity index (χ1v) is 7.45. The Morgan fingerprint density at radius 3 is 2.42 bits per heavy atom. The van der Waals surface area contributed by atoms with Crippen LogP contribution in [0.2, 0.25) is 0 Å². The van der Waals surface area contributed by atoms with Crippen molar-refractivity contribution >= 4 is 27.4 Å². The molecule has 0 N–H and O–H groups in total. The van der Waals surface area contributed by atoms with E-state index >= 15 is 0 Å². The number of halogens is 1. The molecule has 0 amide bonds. The van der Waals surface area contributed by atoms with Gasteiger partial charge in [-0.25, -0.2) is 0 Å². The highest BCUT2D eigenvalue weighted by molar-refractivity contribution is 9.10. The minimum absolute atomic E-state index is 0.0917. The second-order valence-corrected chi connectivity index (χ2v) is 5.81. The van der Waals surface area contributed by atoms with E-state index in [0.29, 0.717) is 0 Å². The van der Waals surface area contributed by atoms with Gasteiger partial charge in [-0.15, -0.1) is 0 Å². The first-order valence-electron chi connectivity index (χ1n) is 6.65. The van der Waals surface area contributed by atoms with Crippen LogP contribution in [0.5, 0.6) is 0 Å². The van der Waals surface area contributed by atoms with Crippen LogP contribution in [-0.4, -0.2) is 44.4 Å². The third kappa shape index (κ3) is 4.96. The summed E-state index contributed by atoms with van der Waals surface area (Å²) < 4.78 is 0.878. The summed E-state index contributed by atoms with van der Waals surface area (Å²) >= 11 is 3.48. The standard InChI is InChI=1S/C15H23BrN2O/c1-5-18(10-6-9-17(3)4)13-7-8-14(12(2)19)15(16)11-13/h7-8,11H,5-6,9-10H2,1-4H3. The summed E-state index contributed by atoms with van der Waals surface area (Å²) in [6.07, 6.45) is 1.13. The summed E-state index contributed by atoms with van der Waals surface area (Å²) in [5.41, 5.74) is 1.91. The molecule has 0 saturated carbocycles. The quantitative estimate of drug-likeness (QED) is 0.717. The van der Waals surface area contributed by atoms with Crippen molar-refractivity contribution < 1.29 is 4.79 Å². The third-order valence-electron chi connectivity index (χ3n) is 3.11. The molecule has 0 heterocycles. The molecule has 4 heteroatoms. The lowest BCUT2D eigenvalue weighted by atomic mass is 10.1. The maximum absolute atomic E-state index is 11.4. The Balaban J connectivity index is 2.76. The average Bonchev–Trinajstić information content (AvgIpc) is 2.33. The van der Waals surface area contributed by atoms with Crippen LogP contribution in [0.1, 0.15) is 30.6 Å². The van der Waals surface area contributed by atoms with Crippen LogP contribution >= 0.6 is 15.9 Å². The minimum atomic E-state index is 0.0917. The van der Waals surface area contributed by atoms with Gasteiger partial charge in [-0.05, 0) is 75.0 Å². The van der Waals surface area contributed by atoms with Gasteiger partial charge < -0.3 is 9.80 Å². The van der Waals surface area contributed by atoms with Crippen molar-refractivity contribution in [1.82, 2.24) is 4.90 Å². The summed E-state index contributed by atoms with van der Waals surface area (Å²) in [7, 11) is 4.18. The highest BCUT2D eigenvalue weighted by atomic mass is 79.9. The lowest BCUT2D eigenvalue weighted by Crippen LogP contribution is -2.27. The van der Waals surface area contributed by atoms with E-state index in [1.165, 1.54) is 0 Å². The lowest BCUT2D eigenvalue weighted by molar-refractivity contribution is 0.101. The van der Waals surface area contributed by atoms with Crippen LogP contribution in [0, 0.1) is 0 Å². The normalized spacial score (nSPS) is 10.8. The number of rotatable bonds is 7. The van der Waals surface area contributed by atoms with E-state index in [2.05, 4.69) is 46.7 Å². The fourth-order valence-corrected chi connectivity index (χ4v) is 2.68. The van der Waals surface area contributed by atoms with Gasteiger partial charge in [0.15, 0.2) is 5.78 Å². The summed E-state index contributed by atoms with van der Waals surface area (Å²) in [5, 5.41) is 0. The Morgan fingerprint density at radius 1 is 1.26 bits per heavy atom. The molecule has 1 rings (SSSR count). The zero-order valence-electron chi connectivity index (χ0n) is 12.2. The second kappa shape index (κ2) is 7.65. The average molecular weight is 327 g/mol. The van der Waals surface area contributed by atoms with Gasteiger partial charge in [-0.3, -0.25) is 4.79 Å². The number of carbonyl (C=O) groups is 1. The molecule has 0 fully saturated rings. The summed E-state index contributed by atoms with van der Waals surface area (Å²) in [6.45, 7) is 6.83. The van der Waals surface area contributed by atoms with Gasteiger partial charge in [0.2, 0.25) is 0 Å². The predicted molar refractivity (Wildman–Crippen MR) is 85.2 cm³/mol. The molecule has 0 aliphatic heterocycles. The van der Waals surface area contributed by atoms with Gasteiger partial charge in [0.25, 0.3) is 0 Å². The topological polar surface area (TPSA) is 23.6 Å². The van der Waals surface area contributed by atoms with E-state index in [1.54, 1.807) is 6.92 Å². The first-order chi connectivity index (χ1) is 8.95. The van der Waals surface area contributed by atoms with Crippen LogP contribution < -0.4 is 4.90 Å². The molecule has 0 spiro atoms. The van der Waals surface area contributed by atoms with Gasteiger partial charge in [0.1, 0.15) is 0 Å². The molecule has 0 radical (unpaired) electrons. The number of hydrogen-bond donors (Lipinski definition) is 0. The van der Waals surface area contributed by atoms with Crippen molar-refractivity contribution in [3.8, 4) is 0 Å². The van der Waals surface area contributed by atoms with Crippen molar-refractivity contribution in [2.75, 3.05) is 38.6 Å². The first kappa shape index (κ1) is 16.2. The molecule has 0 bridgehead atoms. The Labute approximate surface area is 124 Å². The zero-order valence-corrected chi connectivity index (χ0v) is 13.8. The third-order valence-corrected chi connectivity index (χ3v) is 3.77. The van der Waals surface area contributed by atoms with Gasteiger partial charge in [-0.1, -0.05) is 0 Å². The maximum Gasteiger partial charge on any atom is 0.160 e. The van der Waals surface area contributed by atoms with E-state index in [1.807, 2.05) is 18.2 Å². The van der Waals surface area contributed by atoms with Gasteiger partial charge in [0, 0.05) is 28.8 Å². The zero-order chi connectivity index (χ0) is 14.4. The molecule has 0 aliphatic rings. The Hall–Kier alpha value is -0.870. The van der Waals surface area contributed by atoms with Crippen LogP contribution in [0.4, 0.5) is 5.69 Å². The molecule has 1 aromatic carbocycles. The van der Waals surface area contributed by atoms with Crippen LogP contribution in [0.3, 0.4) is 0 Å². The fraction of sp³-hybridized carbons (Fsp3) is 0.533. The van der Waals surface area contributed by atoms with E-state index in [9.17, 15) is 4.79 Å². The SMILES string of the molecule is CCN(CCCN(C)C)c1ccc(C(C)=O)c(Br)c1. The molecule has 1 aromatic rings. The smallest absolute Gasteiger partial charge is 0.160 e. The molecule has 0 aliphatic carbocycles. The van der Waals surface area contributed by atoms with Crippen molar-refractivity contribution in [3.63, 3.8) is 0 Å². The number of carbonyl (C=O) groups excluding carboxylic acids is 1. The number of nitrogens with zero attached hydrogens (tertiary/aromatic N) is 2. The highest BCUT2D eigenvalue weighted by Gasteiger charge is 2.09. The molecular weight excluding hydrogens is 304 g/mol. The largest absolute Gasteiger partial charge is 0.372 e. The summed E-state index contributed by atoms with van der Waals surface area (Å²) in [5.74, 6) is 0.0917. The Bertz CT molecular complexity index is 432. The molecule has 0 saturated heterocycles. The van der Waals surface area contributed by atoms with Crippen molar-refractivity contribution in [3.05, 3.63) is 28.2 Å². The van der Waals surface area contributed by atoms with Crippen LogP contribution in [-0.2, 0) is 0 Å². The predicted octanol–water partition coefficient (Wildman–Crippen LogP) is 3.43. The molecule has 0 aromatic heterocycles. The Kier molecular flexibility index (Phi) is 6.52. The highest BCUT2D eigenvalue weighted by Crippen LogP contribution is 2.24. The molecule has 0 unspecified atom stereocenters. The Morgan fingerprint density at radius 2 is 1.95 bits per heavy atom. The maximum atomic E-state index is 11.4. The lowest BCUT2D eigenvalue weighted by Gasteiger charge is -2.24. The van der Waals surface area contributed by atoms with Crippen LogP contribution in [0.15, 0.2) is 22.7 Å². The van der Waals surface area contributed by atoms with Crippen molar-refractivity contribution in [2.45, 2.75) is 20.3 Å². The van der Waals surface area contributed by atoms with E-state index in [0.717, 1.165) is 41.8 Å². The minimum Gasteiger partial charge on any atom is -0.372 e. The number of benzene rings is 1. The number of anilines is 1. The van der Waals surface area contributed by atoms with E-state index in [-0.39, 0.29) is 5.78 Å². The summed E-state index contributed by atoms with van der Waals surface area (Å²) in [4.78, 5) is 15.9. The summed E-state index contributed by atoms with van der Waals surface area (Å²) in [6, 6.07) is 5.97. The molecule has 3 nitrogen and oxygen atoms in total. The van der Waals surface area contributed by atoms with Crippen LogP contribution in [0.25, 0.3) is 0 Å².